The SMILES string of the molecule is CSc1nc(SC)c2c(C#N)nn([C@@H]3C[C@H](OC(=O)c4ccc(C)cc4)[C@@H](COC(=O)c4ccc(C)cc4)O3)c2n1. The number of ether oxygens (including phenoxy) is 3. The number of nitrogens with zero attached hydrogens (tertiary/aromatic N) is 5. The summed E-state index contributed by atoms with van der Waals surface area (Å²) in [4.78, 5) is 34.9. The summed E-state index contributed by atoms with van der Waals surface area (Å²) in [6, 6.07) is 16.2. The van der Waals surface area contributed by atoms with E-state index in [0.29, 0.717) is 32.3 Å². The molecule has 5 rings (SSSR count). The van der Waals surface area contributed by atoms with Crippen LogP contribution in [0.4, 0.5) is 0 Å². The fourth-order valence-corrected chi connectivity index (χ4v) is 5.44. The third kappa shape index (κ3) is 6.07. The van der Waals surface area contributed by atoms with E-state index in [0.717, 1.165) is 11.1 Å². The van der Waals surface area contributed by atoms with Gasteiger partial charge in [-0.15, -0.1) is 11.8 Å². The molecular weight excluding hydrogens is 562 g/mol. The van der Waals surface area contributed by atoms with Crippen molar-refractivity contribution in [2.24, 2.45) is 0 Å². The average molecular weight is 590 g/mol. The number of esters is 2. The molecule has 0 amide bonds. The Morgan fingerprint density at radius 1 is 1.00 bits per heavy atom. The van der Waals surface area contributed by atoms with E-state index < -0.39 is 30.4 Å². The fourth-order valence-electron chi connectivity index (χ4n) is 4.46. The van der Waals surface area contributed by atoms with Crippen LogP contribution in [0.3, 0.4) is 0 Å². The zero-order valence-corrected chi connectivity index (χ0v) is 24.5. The van der Waals surface area contributed by atoms with Crippen LogP contribution in [0.2, 0.25) is 0 Å². The van der Waals surface area contributed by atoms with Crippen molar-refractivity contribution < 1.29 is 23.8 Å². The van der Waals surface area contributed by atoms with Crippen LogP contribution in [-0.2, 0) is 14.2 Å². The predicted octanol–water partition coefficient (Wildman–Crippen LogP) is 5.13. The van der Waals surface area contributed by atoms with Crippen molar-refractivity contribution in [3.05, 3.63) is 76.5 Å². The molecule has 0 N–H and O–H groups in total. The number of fused-ring (bicyclic) bond motifs is 1. The van der Waals surface area contributed by atoms with Crippen LogP contribution >= 0.6 is 23.5 Å². The zero-order chi connectivity index (χ0) is 29.1. The molecule has 0 radical (unpaired) electrons. The minimum absolute atomic E-state index is 0.152. The van der Waals surface area contributed by atoms with Crippen molar-refractivity contribution in [1.29, 1.82) is 5.26 Å². The zero-order valence-electron chi connectivity index (χ0n) is 22.9. The molecule has 3 atom stereocenters. The number of carbonyl (C=O) groups excluding carboxylic acids is 2. The predicted molar refractivity (Wildman–Crippen MR) is 154 cm³/mol. The minimum Gasteiger partial charge on any atom is -0.459 e. The Bertz CT molecular complexity index is 1630. The number of aromatic nitrogens is 4. The van der Waals surface area contributed by atoms with Crippen molar-refractivity contribution in [2.75, 3.05) is 19.1 Å². The van der Waals surface area contributed by atoms with Crippen molar-refractivity contribution in [1.82, 2.24) is 19.7 Å². The maximum absolute atomic E-state index is 13.0. The third-order valence-corrected chi connectivity index (χ3v) is 7.87. The molecule has 10 nitrogen and oxygen atoms in total. The fraction of sp³-hybridized carbons (Fsp3) is 0.310. The highest BCUT2D eigenvalue weighted by Gasteiger charge is 2.41. The maximum Gasteiger partial charge on any atom is 0.338 e. The Morgan fingerprint density at radius 2 is 1.63 bits per heavy atom. The lowest BCUT2D eigenvalue weighted by Crippen LogP contribution is -2.32. The Balaban J connectivity index is 1.44. The van der Waals surface area contributed by atoms with Gasteiger partial charge in [-0.3, -0.25) is 0 Å². The average Bonchev–Trinajstić information content (AvgIpc) is 3.56. The van der Waals surface area contributed by atoms with Gasteiger partial charge in [0.2, 0.25) is 0 Å². The molecule has 4 aromatic rings. The third-order valence-electron chi connectivity index (χ3n) is 6.64. The van der Waals surface area contributed by atoms with Crippen LogP contribution in [0.5, 0.6) is 0 Å². The largest absolute Gasteiger partial charge is 0.459 e. The molecule has 3 heterocycles. The van der Waals surface area contributed by atoms with Crippen molar-refractivity contribution >= 4 is 46.5 Å². The molecule has 0 unspecified atom stereocenters. The summed E-state index contributed by atoms with van der Waals surface area (Å²) in [5, 5.41) is 16.0. The molecule has 1 saturated heterocycles. The van der Waals surface area contributed by atoms with Crippen LogP contribution in [0.1, 0.15) is 50.2 Å². The lowest BCUT2D eigenvalue weighted by Gasteiger charge is -2.19. The Kier molecular flexibility index (Phi) is 8.58. The number of aryl methyl sites for hydroxylation is 2. The Labute approximate surface area is 245 Å². The van der Waals surface area contributed by atoms with Crippen LogP contribution in [-0.4, -0.2) is 63.0 Å². The second kappa shape index (κ2) is 12.3. The van der Waals surface area contributed by atoms with E-state index in [1.165, 1.54) is 28.2 Å². The van der Waals surface area contributed by atoms with Gasteiger partial charge in [0.1, 0.15) is 29.9 Å². The second-order valence-corrected chi connectivity index (χ2v) is 11.0. The topological polar surface area (TPSA) is 129 Å². The number of thioether (sulfide) groups is 2. The van der Waals surface area contributed by atoms with Crippen molar-refractivity contribution in [2.45, 2.75) is 48.9 Å². The van der Waals surface area contributed by atoms with Gasteiger partial charge in [-0.2, -0.15) is 10.4 Å². The summed E-state index contributed by atoms with van der Waals surface area (Å²) >= 11 is 2.77. The molecule has 0 bridgehead atoms. The van der Waals surface area contributed by atoms with Gasteiger partial charge in [-0.25, -0.2) is 24.2 Å². The molecule has 12 heteroatoms. The van der Waals surface area contributed by atoms with Crippen LogP contribution < -0.4 is 0 Å². The summed E-state index contributed by atoms with van der Waals surface area (Å²) in [7, 11) is 0. The van der Waals surface area contributed by atoms with Gasteiger partial charge >= 0.3 is 11.9 Å². The van der Waals surface area contributed by atoms with E-state index in [2.05, 4.69) is 21.1 Å². The van der Waals surface area contributed by atoms with Crippen molar-refractivity contribution in [3.63, 3.8) is 0 Å². The number of hydrogen-bond acceptors (Lipinski definition) is 11. The van der Waals surface area contributed by atoms with Crippen LogP contribution in [0.25, 0.3) is 11.0 Å². The Morgan fingerprint density at radius 3 is 2.22 bits per heavy atom. The first-order chi connectivity index (χ1) is 19.8. The van der Waals surface area contributed by atoms with Crippen molar-refractivity contribution in [3.8, 4) is 6.07 Å². The van der Waals surface area contributed by atoms with E-state index in [1.807, 2.05) is 50.6 Å². The monoisotopic (exact) mass is 589 g/mol. The number of rotatable bonds is 8. The van der Waals surface area contributed by atoms with Gasteiger partial charge in [0.15, 0.2) is 22.7 Å². The first-order valence-electron chi connectivity index (χ1n) is 12.8. The summed E-state index contributed by atoms with van der Waals surface area (Å²) in [5.74, 6) is -1.03. The lowest BCUT2D eigenvalue weighted by molar-refractivity contribution is -0.0590. The molecular formula is C29H27N5O5S2. The summed E-state index contributed by atoms with van der Waals surface area (Å²) in [5.41, 5.74) is 3.45. The number of benzene rings is 2. The molecule has 2 aromatic carbocycles. The quantitative estimate of drug-likeness (QED) is 0.117. The normalized spacial score (nSPS) is 18.3. The number of nitriles is 1. The molecule has 0 spiro atoms. The molecule has 210 valence electrons. The van der Waals surface area contributed by atoms with Gasteiger partial charge in [-0.1, -0.05) is 47.2 Å². The molecule has 1 aliphatic heterocycles. The summed E-state index contributed by atoms with van der Waals surface area (Å²) in [6.07, 6.45) is 1.66. The smallest absolute Gasteiger partial charge is 0.338 e. The van der Waals surface area contributed by atoms with Crippen LogP contribution in [0, 0.1) is 25.2 Å². The molecule has 1 aliphatic rings. The highest BCUT2D eigenvalue weighted by atomic mass is 32.2. The summed E-state index contributed by atoms with van der Waals surface area (Å²) < 4.78 is 19.3. The van der Waals surface area contributed by atoms with E-state index in [9.17, 15) is 14.9 Å². The molecule has 0 saturated carbocycles. The van der Waals surface area contributed by atoms with Gasteiger partial charge < -0.3 is 14.2 Å². The highest BCUT2D eigenvalue weighted by Crippen LogP contribution is 2.36. The second-order valence-electron chi connectivity index (χ2n) is 9.46. The highest BCUT2D eigenvalue weighted by molar-refractivity contribution is 7.99. The first kappa shape index (κ1) is 28.6. The molecule has 0 aliphatic carbocycles. The van der Waals surface area contributed by atoms with E-state index in [-0.39, 0.29) is 18.7 Å². The number of hydrogen-bond donors (Lipinski definition) is 0. The van der Waals surface area contributed by atoms with E-state index in [1.54, 1.807) is 24.3 Å². The summed E-state index contributed by atoms with van der Waals surface area (Å²) in [6.45, 7) is 3.71. The number of carbonyl (C=O) groups is 2. The molecule has 2 aromatic heterocycles. The van der Waals surface area contributed by atoms with Gasteiger partial charge in [0, 0.05) is 6.42 Å². The first-order valence-corrected chi connectivity index (χ1v) is 15.2. The molecule has 41 heavy (non-hydrogen) atoms. The molecule has 1 fully saturated rings. The minimum atomic E-state index is -0.782. The van der Waals surface area contributed by atoms with E-state index in [4.69, 9.17) is 14.2 Å². The van der Waals surface area contributed by atoms with Gasteiger partial charge in [0.05, 0.1) is 16.5 Å². The Hall–Kier alpha value is -3.92. The van der Waals surface area contributed by atoms with Gasteiger partial charge in [0.25, 0.3) is 0 Å². The standard InChI is InChI=1S/C29H27N5O5S2/c1-16-5-9-18(10-6-16)27(35)37-15-22-21(39-28(36)19-11-7-17(2)8-12-19)13-23(38-22)34-25-24(20(14-30)33-34)26(40-3)32-29(31-25)41-4/h5-12,21-23H,13,15H2,1-4H3/t21-,22+,23-/m0/s1. The lowest BCUT2D eigenvalue weighted by atomic mass is 10.1. The maximum atomic E-state index is 13.0. The van der Waals surface area contributed by atoms with Gasteiger partial charge in [-0.05, 0) is 50.6 Å². The van der Waals surface area contributed by atoms with E-state index >= 15 is 0 Å². The van der Waals surface area contributed by atoms with Crippen LogP contribution in [0.15, 0.2) is 58.7 Å².